The van der Waals surface area contributed by atoms with Crippen LogP contribution < -0.4 is 0 Å². The Bertz CT molecular complexity index is 374. The zero-order valence-corrected chi connectivity index (χ0v) is 7.84. The van der Waals surface area contributed by atoms with Gasteiger partial charge in [0.25, 0.3) is 0 Å². The number of ether oxygens (including phenoxy) is 1. The third kappa shape index (κ3) is 2.50. The fourth-order valence-electron chi connectivity index (χ4n) is 1.02. The Kier molecular flexibility index (Phi) is 3.34. The van der Waals surface area contributed by atoms with Gasteiger partial charge in [0, 0.05) is 0 Å². The number of rotatable bonds is 4. The summed E-state index contributed by atoms with van der Waals surface area (Å²) in [5.41, 5.74) is -0.461. The lowest BCUT2D eigenvalue weighted by Crippen LogP contribution is -2.09. The van der Waals surface area contributed by atoms with Gasteiger partial charge in [0.05, 0.1) is 18.5 Å². The van der Waals surface area contributed by atoms with Crippen LogP contribution in [0.2, 0.25) is 0 Å². The molecule has 0 aliphatic carbocycles. The number of aliphatic hydroxyl groups excluding tert-OH is 1. The molecule has 1 aromatic heterocycles. The Hall–Kier alpha value is -1.96. The van der Waals surface area contributed by atoms with Crippen LogP contribution in [0.1, 0.15) is 18.2 Å². The molecule has 0 aliphatic heterocycles. The molecule has 0 saturated carbocycles. The highest BCUT2D eigenvalue weighted by atomic mass is 16.6. The minimum atomic E-state index is -1.32. The summed E-state index contributed by atoms with van der Waals surface area (Å²) in [7, 11) is 1.16. The number of esters is 1. The van der Waals surface area contributed by atoms with Gasteiger partial charge in [-0.05, 0) is 0 Å². The summed E-state index contributed by atoms with van der Waals surface area (Å²) < 4.78 is 4.32. The number of nitrogens with one attached hydrogen (secondary N) is 1. The van der Waals surface area contributed by atoms with Crippen molar-refractivity contribution in [3.63, 3.8) is 0 Å². The third-order valence-corrected chi connectivity index (χ3v) is 1.77. The summed E-state index contributed by atoms with van der Waals surface area (Å²) in [5.74, 6) is -0.661. The van der Waals surface area contributed by atoms with Crippen LogP contribution in [0.3, 0.4) is 0 Å². The molecule has 1 atom stereocenters. The Morgan fingerprint density at radius 2 is 2.53 bits per heavy atom. The van der Waals surface area contributed by atoms with Gasteiger partial charge in [-0.25, -0.2) is 0 Å². The van der Waals surface area contributed by atoms with Crippen LogP contribution in [0.5, 0.6) is 0 Å². The molecule has 1 heterocycles. The van der Waals surface area contributed by atoms with Crippen LogP contribution in [-0.4, -0.2) is 33.3 Å². The average Bonchev–Trinajstić information content (AvgIpc) is 2.65. The van der Waals surface area contributed by atoms with E-state index in [9.17, 15) is 20.0 Å². The lowest BCUT2D eigenvalue weighted by Gasteiger charge is -2.05. The van der Waals surface area contributed by atoms with E-state index in [1.54, 1.807) is 0 Å². The standard InChI is InChI=1S/C7H9N3O5/c1-15-6(12)2-5(11)7-4(10(13)14)3-8-9-7/h3,5,11H,2H2,1H3,(H,8,9)/t5-/m0/s1. The van der Waals surface area contributed by atoms with E-state index in [-0.39, 0.29) is 17.8 Å². The topological polar surface area (TPSA) is 118 Å². The lowest BCUT2D eigenvalue weighted by atomic mass is 10.2. The average molecular weight is 215 g/mol. The summed E-state index contributed by atoms with van der Waals surface area (Å²) in [5, 5.41) is 25.6. The molecule has 82 valence electrons. The van der Waals surface area contributed by atoms with E-state index in [4.69, 9.17) is 0 Å². The van der Waals surface area contributed by atoms with E-state index < -0.39 is 17.0 Å². The first-order chi connectivity index (χ1) is 7.06. The number of hydrogen-bond acceptors (Lipinski definition) is 6. The van der Waals surface area contributed by atoms with Gasteiger partial charge < -0.3 is 9.84 Å². The van der Waals surface area contributed by atoms with E-state index in [2.05, 4.69) is 14.9 Å². The number of hydrogen-bond donors (Lipinski definition) is 2. The minimum absolute atomic E-state index is 0.106. The van der Waals surface area contributed by atoms with E-state index in [1.165, 1.54) is 0 Å². The van der Waals surface area contributed by atoms with Gasteiger partial charge in [-0.3, -0.25) is 20.0 Å². The number of carbonyl (C=O) groups excluding carboxylic acids is 1. The van der Waals surface area contributed by atoms with Crippen molar-refractivity contribution in [3.8, 4) is 0 Å². The Balaban J connectivity index is 2.81. The maximum absolute atomic E-state index is 10.8. The van der Waals surface area contributed by atoms with E-state index in [0.29, 0.717) is 0 Å². The highest BCUT2D eigenvalue weighted by Gasteiger charge is 2.25. The summed E-state index contributed by atoms with van der Waals surface area (Å²) in [6, 6.07) is 0. The largest absolute Gasteiger partial charge is 0.469 e. The maximum Gasteiger partial charge on any atom is 0.312 e. The molecule has 2 N–H and O–H groups in total. The van der Waals surface area contributed by atoms with Crippen molar-refractivity contribution in [2.24, 2.45) is 0 Å². The molecule has 8 nitrogen and oxygen atoms in total. The first-order valence-electron chi connectivity index (χ1n) is 3.98. The van der Waals surface area contributed by atoms with Crippen LogP contribution in [0.25, 0.3) is 0 Å². The van der Waals surface area contributed by atoms with Crippen molar-refractivity contribution in [2.75, 3.05) is 7.11 Å². The fraction of sp³-hybridized carbons (Fsp3) is 0.429. The van der Waals surface area contributed by atoms with Crippen molar-refractivity contribution in [1.29, 1.82) is 0 Å². The van der Waals surface area contributed by atoms with E-state index in [0.717, 1.165) is 13.3 Å². The second kappa shape index (κ2) is 4.51. The third-order valence-electron chi connectivity index (χ3n) is 1.77. The Morgan fingerprint density at radius 1 is 1.87 bits per heavy atom. The van der Waals surface area contributed by atoms with Gasteiger partial charge in [0.1, 0.15) is 18.0 Å². The monoisotopic (exact) mass is 215 g/mol. The van der Waals surface area contributed by atoms with Crippen LogP contribution in [-0.2, 0) is 9.53 Å². The molecule has 15 heavy (non-hydrogen) atoms. The number of nitro groups is 1. The number of nitrogens with zero attached hydrogens (tertiary/aromatic N) is 2. The zero-order valence-electron chi connectivity index (χ0n) is 7.84. The Labute approximate surface area is 84.0 Å². The summed E-state index contributed by atoms with van der Waals surface area (Å²) >= 11 is 0. The fourth-order valence-corrected chi connectivity index (χ4v) is 1.02. The number of aliphatic hydroxyl groups is 1. The predicted molar refractivity (Wildman–Crippen MR) is 46.8 cm³/mol. The molecular weight excluding hydrogens is 206 g/mol. The molecule has 0 bridgehead atoms. The number of aromatic nitrogens is 2. The minimum Gasteiger partial charge on any atom is -0.469 e. The van der Waals surface area contributed by atoms with E-state index >= 15 is 0 Å². The quantitative estimate of drug-likeness (QED) is 0.411. The van der Waals surface area contributed by atoms with Crippen LogP contribution in [0.15, 0.2) is 6.20 Å². The number of methoxy groups -OCH3 is 1. The van der Waals surface area contributed by atoms with Crippen molar-refractivity contribution in [3.05, 3.63) is 22.0 Å². The van der Waals surface area contributed by atoms with Crippen molar-refractivity contribution in [1.82, 2.24) is 10.2 Å². The first kappa shape index (κ1) is 11.1. The molecular formula is C7H9N3O5. The number of carbonyl (C=O) groups is 1. The second-order valence-electron chi connectivity index (χ2n) is 2.72. The highest BCUT2D eigenvalue weighted by Crippen LogP contribution is 2.24. The lowest BCUT2D eigenvalue weighted by molar-refractivity contribution is -0.386. The molecule has 0 fully saturated rings. The van der Waals surface area contributed by atoms with Gasteiger partial charge in [0.15, 0.2) is 0 Å². The summed E-state index contributed by atoms with van der Waals surface area (Å²) in [6.07, 6.45) is -0.713. The Morgan fingerprint density at radius 3 is 3.07 bits per heavy atom. The highest BCUT2D eigenvalue weighted by molar-refractivity contribution is 5.70. The normalized spacial score (nSPS) is 12.1. The summed E-state index contributed by atoms with van der Waals surface area (Å²) in [4.78, 5) is 20.6. The first-order valence-corrected chi connectivity index (χ1v) is 3.98. The van der Waals surface area contributed by atoms with Gasteiger partial charge in [-0.2, -0.15) is 5.10 Å². The van der Waals surface area contributed by atoms with Gasteiger partial charge in [-0.1, -0.05) is 0 Å². The predicted octanol–water partition coefficient (Wildman–Crippen LogP) is -0.0856. The van der Waals surface area contributed by atoms with Crippen molar-refractivity contribution in [2.45, 2.75) is 12.5 Å². The molecule has 0 aromatic carbocycles. The van der Waals surface area contributed by atoms with Crippen molar-refractivity contribution >= 4 is 11.7 Å². The van der Waals surface area contributed by atoms with Crippen LogP contribution in [0, 0.1) is 10.1 Å². The van der Waals surface area contributed by atoms with Gasteiger partial charge in [-0.15, -0.1) is 0 Å². The number of aromatic amines is 1. The van der Waals surface area contributed by atoms with Gasteiger partial charge >= 0.3 is 11.7 Å². The molecule has 0 aliphatic rings. The second-order valence-corrected chi connectivity index (χ2v) is 2.72. The van der Waals surface area contributed by atoms with Gasteiger partial charge in [0.2, 0.25) is 0 Å². The zero-order chi connectivity index (χ0) is 11.4. The molecule has 1 aromatic rings. The molecule has 8 heteroatoms. The van der Waals surface area contributed by atoms with Crippen LogP contribution in [0.4, 0.5) is 5.69 Å². The molecule has 1 rings (SSSR count). The molecule has 0 unspecified atom stereocenters. The van der Waals surface area contributed by atoms with Crippen LogP contribution >= 0.6 is 0 Å². The maximum atomic E-state index is 10.8. The van der Waals surface area contributed by atoms with Crippen molar-refractivity contribution < 1.29 is 19.6 Å². The van der Waals surface area contributed by atoms with E-state index in [1.807, 2.05) is 0 Å². The molecule has 0 spiro atoms. The number of H-pyrrole nitrogens is 1. The summed E-state index contributed by atoms with van der Waals surface area (Å²) in [6.45, 7) is 0. The molecule has 0 saturated heterocycles. The smallest absolute Gasteiger partial charge is 0.312 e. The SMILES string of the molecule is COC(=O)C[C@H](O)c1[nH]ncc1[N+](=O)[O-]. The molecule has 0 amide bonds. The molecule has 0 radical (unpaired) electrons.